The van der Waals surface area contributed by atoms with Crippen LogP contribution in [-0.2, 0) is 6.54 Å². The Morgan fingerprint density at radius 2 is 1.94 bits per heavy atom. The van der Waals surface area contributed by atoms with E-state index in [9.17, 15) is 0 Å². The minimum Gasteiger partial charge on any atom is -0.490 e. The number of hydrogen-bond donors (Lipinski definition) is 1. The fourth-order valence-electron chi connectivity index (χ4n) is 1.94. The van der Waals surface area contributed by atoms with Crippen LogP contribution in [0.3, 0.4) is 0 Å². The number of ether oxygens (including phenoxy) is 2. The van der Waals surface area contributed by atoms with Crippen LogP contribution in [0.5, 0.6) is 11.5 Å². The summed E-state index contributed by atoms with van der Waals surface area (Å²) in [7, 11) is 0. The third kappa shape index (κ3) is 3.91. The second kappa shape index (κ2) is 6.64. The maximum Gasteiger partial charge on any atom is 0.161 e. The zero-order valence-corrected chi connectivity index (χ0v) is 11.4. The van der Waals surface area contributed by atoms with E-state index in [0.717, 1.165) is 50.1 Å². The van der Waals surface area contributed by atoms with Crippen LogP contribution in [-0.4, -0.2) is 19.8 Å². The number of benzene rings is 1. The molecule has 3 nitrogen and oxygen atoms in total. The Balaban J connectivity index is 1.88. The predicted octanol–water partition coefficient (Wildman–Crippen LogP) is 2.98. The minimum atomic E-state index is 0.747. The lowest BCUT2D eigenvalue weighted by Gasteiger charge is -2.10. The van der Waals surface area contributed by atoms with Crippen LogP contribution in [0.15, 0.2) is 18.2 Å². The van der Waals surface area contributed by atoms with Crippen molar-refractivity contribution in [3.05, 3.63) is 23.8 Å². The van der Waals surface area contributed by atoms with Gasteiger partial charge < -0.3 is 14.8 Å². The molecule has 1 aliphatic rings. The van der Waals surface area contributed by atoms with Gasteiger partial charge in [-0.15, -0.1) is 0 Å². The van der Waals surface area contributed by atoms with Gasteiger partial charge in [0.25, 0.3) is 0 Å². The van der Waals surface area contributed by atoms with Crippen LogP contribution in [0.4, 0.5) is 0 Å². The van der Waals surface area contributed by atoms with E-state index >= 15 is 0 Å². The van der Waals surface area contributed by atoms with Crippen molar-refractivity contribution in [3.63, 3.8) is 0 Å². The SMILES string of the molecule is CC(C)CCNCc1ccc2c(c1)OCCCO2. The quantitative estimate of drug-likeness (QED) is 0.814. The Hall–Kier alpha value is -1.22. The van der Waals surface area contributed by atoms with E-state index in [0.29, 0.717) is 0 Å². The average molecular weight is 249 g/mol. The lowest BCUT2D eigenvalue weighted by Crippen LogP contribution is -2.16. The molecule has 0 bridgehead atoms. The van der Waals surface area contributed by atoms with Gasteiger partial charge >= 0.3 is 0 Å². The molecule has 0 unspecified atom stereocenters. The van der Waals surface area contributed by atoms with E-state index in [4.69, 9.17) is 9.47 Å². The third-order valence-electron chi connectivity index (χ3n) is 3.04. The van der Waals surface area contributed by atoms with Crippen LogP contribution in [0, 0.1) is 5.92 Å². The second-order valence-electron chi connectivity index (χ2n) is 5.19. The van der Waals surface area contributed by atoms with Gasteiger partial charge in [-0.25, -0.2) is 0 Å². The van der Waals surface area contributed by atoms with Crippen LogP contribution in [0.2, 0.25) is 0 Å². The Morgan fingerprint density at radius 1 is 1.17 bits per heavy atom. The molecule has 0 atom stereocenters. The second-order valence-corrected chi connectivity index (χ2v) is 5.19. The van der Waals surface area contributed by atoms with E-state index in [2.05, 4.69) is 31.3 Å². The summed E-state index contributed by atoms with van der Waals surface area (Å²) in [6, 6.07) is 6.21. The van der Waals surface area contributed by atoms with Gasteiger partial charge in [-0.2, -0.15) is 0 Å². The van der Waals surface area contributed by atoms with Gasteiger partial charge in [0, 0.05) is 13.0 Å². The summed E-state index contributed by atoms with van der Waals surface area (Å²) in [6.07, 6.45) is 2.17. The van der Waals surface area contributed by atoms with Crippen molar-refractivity contribution in [1.82, 2.24) is 5.32 Å². The molecule has 3 heteroatoms. The molecule has 0 saturated heterocycles. The Bertz CT molecular complexity index is 377. The highest BCUT2D eigenvalue weighted by molar-refractivity contribution is 5.43. The number of hydrogen-bond acceptors (Lipinski definition) is 3. The fourth-order valence-corrected chi connectivity index (χ4v) is 1.94. The van der Waals surface area contributed by atoms with Crippen LogP contribution >= 0.6 is 0 Å². The van der Waals surface area contributed by atoms with Crippen molar-refractivity contribution < 1.29 is 9.47 Å². The summed E-state index contributed by atoms with van der Waals surface area (Å²) in [5.74, 6) is 2.51. The lowest BCUT2D eigenvalue weighted by molar-refractivity contribution is 0.297. The topological polar surface area (TPSA) is 30.5 Å². The third-order valence-corrected chi connectivity index (χ3v) is 3.04. The largest absolute Gasteiger partial charge is 0.490 e. The highest BCUT2D eigenvalue weighted by Gasteiger charge is 2.10. The summed E-state index contributed by atoms with van der Waals surface area (Å²) >= 11 is 0. The molecule has 1 aromatic rings. The van der Waals surface area contributed by atoms with Crippen LogP contribution < -0.4 is 14.8 Å². The summed E-state index contributed by atoms with van der Waals surface area (Å²) in [6.45, 7) is 7.94. The fraction of sp³-hybridized carbons (Fsp3) is 0.600. The summed E-state index contributed by atoms with van der Waals surface area (Å²) < 4.78 is 11.3. The Labute approximate surface area is 109 Å². The molecule has 0 amide bonds. The molecule has 0 fully saturated rings. The van der Waals surface area contributed by atoms with E-state index in [1.165, 1.54) is 12.0 Å². The van der Waals surface area contributed by atoms with Crippen molar-refractivity contribution >= 4 is 0 Å². The molecule has 1 aromatic carbocycles. The first kappa shape index (κ1) is 13.2. The first-order chi connectivity index (χ1) is 8.75. The number of rotatable bonds is 5. The minimum absolute atomic E-state index is 0.747. The van der Waals surface area contributed by atoms with Gasteiger partial charge in [-0.1, -0.05) is 19.9 Å². The maximum absolute atomic E-state index is 5.68. The lowest BCUT2D eigenvalue weighted by atomic mass is 10.1. The van der Waals surface area contributed by atoms with Gasteiger partial charge in [-0.05, 0) is 36.6 Å². The van der Waals surface area contributed by atoms with Crippen molar-refractivity contribution in [3.8, 4) is 11.5 Å². The normalized spacial score (nSPS) is 14.6. The van der Waals surface area contributed by atoms with E-state index in [-0.39, 0.29) is 0 Å². The van der Waals surface area contributed by atoms with Crippen molar-refractivity contribution in [2.75, 3.05) is 19.8 Å². The zero-order chi connectivity index (χ0) is 12.8. The summed E-state index contributed by atoms with van der Waals surface area (Å²) in [4.78, 5) is 0. The first-order valence-electron chi connectivity index (χ1n) is 6.85. The van der Waals surface area contributed by atoms with Gasteiger partial charge in [0.05, 0.1) is 13.2 Å². The maximum atomic E-state index is 5.68. The molecule has 2 rings (SSSR count). The van der Waals surface area contributed by atoms with Crippen LogP contribution in [0.1, 0.15) is 32.3 Å². The van der Waals surface area contributed by atoms with E-state index in [1.807, 2.05) is 6.07 Å². The van der Waals surface area contributed by atoms with Crippen molar-refractivity contribution in [2.45, 2.75) is 33.2 Å². The summed E-state index contributed by atoms with van der Waals surface area (Å²) in [5.41, 5.74) is 1.25. The van der Waals surface area contributed by atoms with Crippen LogP contribution in [0.25, 0.3) is 0 Å². The molecule has 18 heavy (non-hydrogen) atoms. The van der Waals surface area contributed by atoms with E-state index in [1.54, 1.807) is 0 Å². The molecule has 0 aromatic heterocycles. The molecule has 0 aliphatic carbocycles. The molecule has 0 spiro atoms. The molecule has 1 heterocycles. The van der Waals surface area contributed by atoms with Gasteiger partial charge in [0.15, 0.2) is 11.5 Å². The Morgan fingerprint density at radius 3 is 2.72 bits per heavy atom. The number of nitrogens with one attached hydrogen (secondary N) is 1. The smallest absolute Gasteiger partial charge is 0.161 e. The zero-order valence-electron chi connectivity index (χ0n) is 11.4. The van der Waals surface area contributed by atoms with Gasteiger partial charge in [0.2, 0.25) is 0 Å². The monoisotopic (exact) mass is 249 g/mol. The summed E-state index contributed by atoms with van der Waals surface area (Å²) in [5, 5.41) is 3.46. The highest BCUT2D eigenvalue weighted by atomic mass is 16.5. The molecule has 1 N–H and O–H groups in total. The Kier molecular flexibility index (Phi) is 4.88. The molecule has 1 aliphatic heterocycles. The van der Waals surface area contributed by atoms with Crippen molar-refractivity contribution in [2.24, 2.45) is 5.92 Å². The molecule has 0 saturated carbocycles. The predicted molar refractivity (Wildman–Crippen MR) is 73.2 cm³/mol. The van der Waals surface area contributed by atoms with Gasteiger partial charge in [-0.3, -0.25) is 0 Å². The molecule has 100 valence electrons. The highest BCUT2D eigenvalue weighted by Crippen LogP contribution is 2.30. The molecular weight excluding hydrogens is 226 g/mol. The first-order valence-corrected chi connectivity index (χ1v) is 6.85. The average Bonchev–Trinajstić information content (AvgIpc) is 2.59. The van der Waals surface area contributed by atoms with Crippen molar-refractivity contribution in [1.29, 1.82) is 0 Å². The molecular formula is C15H23NO2. The van der Waals surface area contributed by atoms with Gasteiger partial charge in [0.1, 0.15) is 0 Å². The molecule has 0 radical (unpaired) electrons. The standard InChI is InChI=1S/C15H23NO2/c1-12(2)6-7-16-11-13-4-5-14-15(10-13)18-9-3-8-17-14/h4-5,10,12,16H,3,6-9,11H2,1-2H3. The van der Waals surface area contributed by atoms with E-state index < -0.39 is 0 Å². The number of fused-ring (bicyclic) bond motifs is 1.